The maximum absolute atomic E-state index is 12.1. The van der Waals surface area contributed by atoms with Gasteiger partial charge in [-0.1, -0.05) is 48.5 Å². The van der Waals surface area contributed by atoms with Gasteiger partial charge in [-0.05, 0) is 23.6 Å². The molecular formula is C17H16N4O. The Labute approximate surface area is 128 Å². The van der Waals surface area contributed by atoms with Gasteiger partial charge in [-0.3, -0.25) is 4.79 Å². The van der Waals surface area contributed by atoms with Gasteiger partial charge in [0.25, 0.3) is 0 Å². The number of nitrogens with zero attached hydrogens (tertiary/aromatic N) is 3. The van der Waals surface area contributed by atoms with E-state index in [1.807, 2.05) is 42.5 Å². The average Bonchev–Trinajstić information content (AvgIpc) is 3.03. The second kappa shape index (κ2) is 6.67. The van der Waals surface area contributed by atoms with Crippen LogP contribution in [0.4, 0.5) is 5.69 Å². The summed E-state index contributed by atoms with van der Waals surface area (Å²) in [5.74, 6) is -0.119. The standard InChI is InChI=1S/C17H16N4O/c22-17(11-21-13-18-12-19-21)20-16-9-5-4-8-15(16)10-14-6-2-1-3-7-14/h1-9,12-13H,10-11H2,(H,20,22). The van der Waals surface area contributed by atoms with Crippen LogP contribution in [0.1, 0.15) is 11.1 Å². The zero-order chi connectivity index (χ0) is 15.2. The number of hydrogen-bond donors (Lipinski definition) is 1. The number of nitrogens with one attached hydrogen (secondary N) is 1. The summed E-state index contributed by atoms with van der Waals surface area (Å²) < 4.78 is 1.50. The maximum atomic E-state index is 12.1. The van der Waals surface area contributed by atoms with E-state index in [9.17, 15) is 4.79 Å². The van der Waals surface area contributed by atoms with Gasteiger partial charge in [0.1, 0.15) is 19.2 Å². The van der Waals surface area contributed by atoms with Crippen LogP contribution in [0, 0.1) is 0 Å². The molecule has 0 spiro atoms. The lowest BCUT2D eigenvalue weighted by Gasteiger charge is -2.11. The summed E-state index contributed by atoms with van der Waals surface area (Å²) >= 11 is 0. The van der Waals surface area contributed by atoms with Crippen LogP contribution in [-0.2, 0) is 17.8 Å². The lowest BCUT2D eigenvalue weighted by atomic mass is 10.0. The summed E-state index contributed by atoms with van der Waals surface area (Å²) in [6.45, 7) is 0.152. The van der Waals surface area contributed by atoms with Gasteiger partial charge >= 0.3 is 0 Å². The Morgan fingerprint density at radius 2 is 1.82 bits per heavy atom. The van der Waals surface area contributed by atoms with Crippen LogP contribution in [0.3, 0.4) is 0 Å². The Hall–Kier alpha value is -2.95. The number of carbonyl (C=O) groups excluding carboxylic acids is 1. The Kier molecular flexibility index (Phi) is 4.25. The van der Waals surface area contributed by atoms with E-state index in [2.05, 4.69) is 27.5 Å². The number of hydrogen-bond acceptors (Lipinski definition) is 3. The molecule has 1 N–H and O–H groups in total. The first kappa shape index (κ1) is 14.0. The molecule has 0 bridgehead atoms. The van der Waals surface area contributed by atoms with E-state index in [4.69, 9.17) is 0 Å². The van der Waals surface area contributed by atoms with E-state index < -0.39 is 0 Å². The second-order valence-electron chi connectivity index (χ2n) is 4.96. The topological polar surface area (TPSA) is 59.8 Å². The largest absolute Gasteiger partial charge is 0.324 e. The highest BCUT2D eigenvalue weighted by atomic mass is 16.2. The number of benzene rings is 2. The van der Waals surface area contributed by atoms with Crippen LogP contribution >= 0.6 is 0 Å². The minimum atomic E-state index is -0.119. The Balaban J connectivity index is 1.72. The predicted octanol–water partition coefficient (Wildman–Crippen LogP) is 2.51. The van der Waals surface area contributed by atoms with Crippen molar-refractivity contribution in [1.29, 1.82) is 0 Å². The molecule has 0 aliphatic carbocycles. The number of rotatable bonds is 5. The summed E-state index contributed by atoms with van der Waals surface area (Å²) in [4.78, 5) is 15.9. The van der Waals surface area contributed by atoms with Crippen molar-refractivity contribution in [2.75, 3.05) is 5.32 Å². The fourth-order valence-electron chi connectivity index (χ4n) is 2.26. The molecule has 0 fully saturated rings. The number of aromatic nitrogens is 3. The molecule has 0 aliphatic heterocycles. The van der Waals surface area contributed by atoms with Crippen LogP contribution in [-0.4, -0.2) is 20.7 Å². The van der Waals surface area contributed by atoms with E-state index >= 15 is 0 Å². The average molecular weight is 292 g/mol. The molecule has 3 aromatic rings. The van der Waals surface area contributed by atoms with Crippen molar-refractivity contribution < 1.29 is 4.79 Å². The lowest BCUT2D eigenvalue weighted by Crippen LogP contribution is -2.19. The predicted molar refractivity (Wildman–Crippen MR) is 84.3 cm³/mol. The second-order valence-corrected chi connectivity index (χ2v) is 4.96. The molecule has 0 radical (unpaired) electrons. The van der Waals surface area contributed by atoms with Crippen molar-refractivity contribution in [1.82, 2.24) is 14.8 Å². The van der Waals surface area contributed by atoms with Crippen LogP contribution in [0.2, 0.25) is 0 Å². The number of para-hydroxylation sites is 1. The quantitative estimate of drug-likeness (QED) is 0.786. The van der Waals surface area contributed by atoms with Gasteiger partial charge in [0.15, 0.2) is 0 Å². The number of carbonyl (C=O) groups is 1. The van der Waals surface area contributed by atoms with Crippen molar-refractivity contribution in [3.05, 3.63) is 78.4 Å². The highest BCUT2D eigenvalue weighted by molar-refractivity contribution is 5.91. The van der Waals surface area contributed by atoms with Gasteiger partial charge in [0, 0.05) is 5.69 Å². The summed E-state index contributed by atoms with van der Waals surface area (Å²) in [7, 11) is 0. The van der Waals surface area contributed by atoms with Crippen LogP contribution in [0.15, 0.2) is 67.3 Å². The molecule has 0 unspecified atom stereocenters. The first-order valence-corrected chi connectivity index (χ1v) is 7.05. The normalized spacial score (nSPS) is 10.4. The van der Waals surface area contributed by atoms with Crippen LogP contribution in [0.25, 0.3) is 0 Å². The van der Waals surface area contributed by atoms with Gasteiger partial charge in [0.05, 0.1) is 0 Å². The van der Waals surface area contributed by atoms with Crippen molar-refractivity contribution >= 4 is 11.6 Å². The number of amides is 1. The third kappa shape index (κ3) is 3.58. The highest BCUT2D eigenvalue weighted by Gasteiger charge is 2.08. The van der Waals surface area contributed by atoms with E-state index in [0.717, 1.165) is 17.7 Å². The Morgan fingerprint density at radius 1 is 1.05 bits per heavy atom. The first-order chi connectivity index (χ1) is 10.8. The SMILES string of the molecule is O=C(Cn1cncn1)Nc1ccccc1Cc1ccccc1. The first-order valence-electron chi connectivity index (χ1n) is 7.05. The van der Waals surface area contributed by atoms with Gasteiger partial charge in [-0.15, -0.1) is 0 Å². The lowest BCUT2D eigenvalue weighted by molar-refractivity contribution is -0.116. The van der Waals surface area contributed by atoms with Crippen molar-refractivity contribution in [2.24, 2.45) is 0 Å². The zero-order valence-corrected chi connectivity index (χ0v) is 12.0. The molecule has 0 saturated carbocycles. The summed E-state index contributed by atoms with van der Waals surface area (Å²) in [5.41, 5.74) is 3.12. The van der Waals surface area contributed by atoms with Crippen LogP contribution in [0.5, 0.6) is 0 Å². The summed E-state index contributed by atoms with van der Waals surface area (Å²) in [5, 5.41) is 6.87. The molecule has 5 nitrogen and oxygen atoms in total. The molecule has 22 heavy (non-hydrogen) atoms. The third-order valence-corrected chi connectivity index (χ3v) is 3.30. The molecular weight excluding hydrogens is 276 g/mol. The summed E-state index contributed by atoms with van der Waals surface area (Å²) in [6.07, 6.45) is 3.71. The fraction of sp³-hybridized carbons (Fsp3) is 0.118. The van der Waals surface area contributed by atoms with Gasteiger partial charge < -0.3 is 5.32 Å². The monoisotopic (exact) mass is 292 g/mol. The van der Waals surface area contributed by atoms with Crippen LogP contribution < -0.4 is 5.32 Å². The molecule has 110 valence electrons. The molecule has 1 aromatic heterocycles. The van der Waals surface area contributed by atoms with E-state index in [-0.39, 0.29) is 12.5 Å². The van der Waals surface area contributed by atoms with Crippen molar-refractivity contribution in [2.45, 2.75) is 13.0 Å². The molecule has 3 rings (SSSR count). The molecule has 0 saturated heterocycles. The minimum Gasteiger partial charge on any atom is -0.324 e. The third-order valence-electron chi connectivity index (χ3n) is 3.30. The van der Waals surface area contributed by atoms with E-state index in [0.29, 0.717) is 0 Å². The highest BCUT2D eigenvalue weighted by Crippen LogP contribution is 2.19. The fourth-order valence-corrected chi connectivity index (χ4v) is 2.26. The van der Waals surface area contributed by atoms with E-state index in [1.165, 1.54) is 22.9 Å². The summed E-state index contributed by atoms with van der Waals surface area (Å²) in [6, 6.07) is 18.0. The van der Waals surface area contributed by atoms with Gasteiger partial charge in [-0.25, -0.2) is 9.67 Å². The van der Waals surface area contributed by atoms with Crippen molar-refractivity contribution in [3.63, 3.8) is 0 Å². The molecule has 0 aliphatic rings. The maximum Gasteiger partial charge on any atom is 0.246 e. The Bertz CT molecular complexity index is 738. The van der Waals surface area contributed by atoms with Crippen molar-refractivity contribution in [3.8, 4) is 0 Å². The number of anilines is 1. The van der Waals surface area contributed by atoms with Gasteiger partial charge in [-0.2, -0.15) is 5.10 Å². The molecule has 5 heteroatoms. The van der Waals surface area contributed by atoms with E-state index in [1.54, 1.807) is 0 Å². The van der Waals surface area contributed by atoms with Gasteiger partial charge in [0.2, 0.25) is 5.91 Å². The Morgan fingerprint density at radius 3 is 2.59 bits per heavy atom. The molecule has 1 heterocycles. The minimum absolute atomic E-state index is 0.119. The molecule has 0 atom stereocenters. The molecule has 1 amide bonds. The molecule has 2 aromatic carbocycles. The zero-order valence-electron chi connectivity index (χ0n) is 12.0. The smallest absolute Gasteiger partial charge is 0.246 e.